The van der Waals surface area contributed by atoms with Gasteiger partial charge < -0.3 is 0 Å². The van der Waals surface area contributed by atoms with E-state index in [1.165, 1.54) is 5.48 Å². The van der Waals surface area contributed by atoms with Gasteiger partial charge in [0.2, 0.25) is 6.41 Å². The molecule has 0 saturated heterocycles. The molecule has 0 aliphatic heterocycles. The number of nitrogens with one attached hydrogen (secondary N) is 1. The van der Waals surface area contributed by atoms with E-state index in [-0.39, 0.29) is 16.6 Å². The van der Waals surface area contributed by atoms with Crippen molar-refractivity contribution in [2.24, 2.45) is 5.41 Å². The number of hydrogen-bond donors (Lipinski definition) is 2. The van der Waals surface area contributed by atoms with Gasteiger partial charge in [0.05, 0.1) is 4.20 Å². The van der Waals surface area contributed by atoms with Gasteiger partial charge in [-0.15, -0.1) is 11.8 Å². The SMILES string of the molecule is CC(C)(C)C(C)(C)SC(=S)c1ccccc1.O=CNO. The second-order valence-corrected chi connectivity index (χ2v) is 8.06. The number of rotatable bonds is 3. The molecule has 1 rings (SSSR count). The number of thiocarbonyl (C=S) groups is 1. The Bertz CT molecular complexity index is 425. The van der Waals surface area contributed by atoms with Gasteiger partial charge in [0.1, 0.15) is 0 Å². The lowest BCUT2D eigenvalue weighted by Gasteiger charge is -2.38. The maximum atomic E-state index is 8.81. The van der Waals surface area contributed by atoms with Crippen LogP contribution in [-0.2, 0) is 4.79 Å². The summed E-state index contributed by atoms with van der Waals surface area (Å²) in [4.78, 5) is 8.81. The summed E-state index contributed by atoms with van der Waals surface area (Å²) in [6.45, 7) is 11.3. The van der Waals surface area contributed by atoms with E-state index in [0.717, 1.165) is 9.76 Å². The van der Waals surface area contributed by atoms with E-state index in [1.54, 1.807) is 11.8 Å². The standard InChI is InChI=1S/C14H20S2.CH3NO2/c1-13(2,3)14(4,5)16-12(15)11-9-7-6-8-10-11;3-1-2-4/h6-10H,1-5H3;1,4H,(H,2,3). The molecule has 1 aromatic rings. The lowest BCUT2D eigenvalue weighted by Crippen LogP contribution is -2.34. The number of thioether (sulfide) groups is 1. The van der Waals surface area contributed by atoms with Crippen LogP contribution in [0.25, 0.3) is 0 Å². The normalized spacial score (nSPS) is 11.1. The molecule has 3 nitrogen and oxygen atoms in total. The van der Waals surface area contributed by atoms with Gasteiger partial charge in [0, 0.05) is 4.75 Å². The van der Waals surface area contributed by atoms with Gasteiger partial charge >= 0.3 is 0 Å². The van der Waals surface area contributed by atoms with Gasteiger partial charge in [0.25, 0.3) is 0 Å². The zero-order valence-electron chi connectivity index (χ0n) is 12.6. The number of hydrogen-bond acceptors (Lipinski definition) is 4. The van der Waals surface area contributed by atoms with Crippen LogP contribution in [0.4, 0.5) is 0 Å². The predicted molar refractivity (Wildman–Crippen MR) is 90.3 cm³/mol. The minimum atomic E-state index is 0.139. The van der Waals surface area contributed by atoms with Crippen LogP contribution in [-0.4, -0.2) is 20.6 Å². The Kier molecular flexibility index (Phi) is 8.01. The van der Waals surface area contributed by atoms with Gasteiger partial charge in [0.15, 0.2) is 0 Å². The maximum Gasteiger partial charge on any atom is 0.230 e. The Morgan fingerprint density at radius 1 is 1.20 bits per heavy atom. The summed E-state index contributed by atoms with van der Waals surface area (Å²) in [5.74, 6) is 0. The molecule has 5 heteroatoms. The molecule has 0 saturated carbocycles. The van der Waals surface area contributed by atoms with Gasteiger partial charge in [-0.3, -0.25) is 10.0 Å². The summed E-state index contributed by atoms with van der Waals surface area (Å²) < 4.78 is 1.13. The molecule has 0 bridgehead atoms. The van der Waals surface area contributed by atoms with Crippen LogP contribution in [0.5, 0.6) is 0 Å². The lowest BCUT2D eigenvalue weighted by atomic mass is 9.83. The predicted octanol–water partition coefficient (Wildman–Crippen LogP) is 4.04. The fraction of sp³-hybridized carbons (Fsp3) is 0.467. The van der Waals surface area contributed by atoms with Crippen molar-refractivity contribution in [3.8, 4) is 0 Å². The Morgan fingerprint density at radius 3 is 2.00 bits per heavy atom. The van der Waals surface area contributed by atoms with Crippen molar-refractivity contribution in [3.05, 3.63) is 35.9 Å². The molecule has 0 aliphatic rings. The van der Waals surface area contributed by atoms with Gasteiger partial charge in [-0.25, -0.2) is 5.48 Å². The third kappa shape index (κ3) is 6.50. The number of amides is 1. The van der Waals surface area contributed by atoms with E-state index >= 15 is 0 Å². The van der Waals surface area contributed by atoms with Crippen molar-refractivity contribution < 1.29 is 10.0 Å². The second-order valence-electron chi connectivity index (χ2n) is 5.76. The number of hydroxylamine groups is 1. The van der Waals surface area contributed by atoms with Crippen LogP contribution in [0.15, 0.2) is 30.3 Å². The van der Waals surface area contributed by atoms with Crippen molar-refractivity contribution >= 4 is 34.6 Å². The molecule has 0 heterocycles. The van der Waals surface area contributed by atoms with E-state index in [4.69, 9.17) is 22.2 Å². The topological polar surface area (TPSA) is 49.3 Å². The van der Waals surface area contributed by atoms with Crippen molar-refractivity contribution in [3.63, 3.8) is 0 Å². The molecule has 0 atom stereocenters. The van der Waals surface area contributed by atoms with Crippen LogP contribution in [0.2, 0.25) is 0 Å². The van der Waals surface area contributed by atoms with E-state index < -0.39 is 0 Å². The molecule has 112 valence electrons. The van der Waals surface area contributed by atoms with Crippen LogP contribution in [0.1, 0.15) is 40.2 Å². The first kappa shape index (κ1) is 19.1. The highest BCUT2D eigenvalue weighted by Crippen LogP contribution is 2.42. The van der Waals surface area contributed by atoms with E-state index in [9.17, 15) is 0 Å². The van der Waals surface area contributed by atoms with Crippen LogP contribution >= 0.6 is 24.0 Å². The molecule has 0 radical (unpaired) electrons. The molecule has 1 aromatic carbocycles. The van der Waals surface area contributed by atoms with Gasteiger partial charge in [-0.2, -0.15) is 0 Å². The summed E-state index contributed by atoms with van der Waals surface area (Å²) in [6, 6.07) is 10.2. The summed E-state index contributed by atoms with van der Waals surface area (Å²) in [7, 11) is 0. The Hall–Kier alpha value is -0.910. The third-order valence-corrected chi connectivity index (χ3v) is 5.25. The number of carbonyl (C=O) groups excluding carboxylic acids is 1. The maximum absolute atomic E-state index is 8.81. The molecule has 0 fully saturated rings. The zero-order chi connectivity index (χ0) is 15.8. The highest BCUT2D eigenvalue weighted by Gasteiger charge is 2.34. The third-order valence-electron chi connectivity index (χ3n) is 3.22. The van der Waals surface area contributed by atoms with Gasteiger partial charge in [-0.05, 0) is 24.8 Å². The van der Waals surface area contributed by atoms with Gasteiger partial charge in [-0.1, -0.05) is 63.3 Å². The smallest absolute Gasteiger partial charge is 0.230 e. The highest BCUT2D eigenvalue weighted by molar-refractivity contribution is 8.24. The van der Waals surface area contributed by atoms with E-state index in [2.05, 4.69) is 46.8 Å². The first-order valence-corrected chi connectivity index (χ1v) is 7.50. The molecule has 2 N–H and O–H groups in total. The summed E-state index contributed by atoms with van der Waals surface area (Å²) in [6.07, 6.45) is 0.181. The van der Waals surface area contributed by atoms with Crippen molar-refractivity contribution in [2.75, 3.05) is 0 Å². The molecule has 20 heavy (non-hydrogen) atoms. The largest absolute Gasteiger partial charge is 0.289 e. The molecule has 0 aromatic heterocycles. The Labute approximate surface area is 131 Å². The quantitative estimate of drug-likeness (QED) is 0.383. The van der Waals surface area contributed by atoms with E-state index in [0.29, 0.717) is 0 Å². The average Bonchev–Trinajstić information content (AvgIpc) is 2.38. The number of carbonyl (C=O) groups is 1. The summed E-state index contributed by atoms with van der Waals surface area (Å²) in [5, 5.41) is 7.26. The summed E-state index contributed by atoms with van der Waals surface area (Å²) in [5.41, 5.74) is 2.64. The first-order valence-electron chi connectivity index (χ1n) is 6.27. The Balaban J connectivity index is 0.000000796. The fourth-order valence-electron chi connectivity index (χ4n) is 1.02. The van der Waals surface area contributed by atoms with Crippen LogP contribution < -0.4 is 5.48 Å². The summed E-state index contributed by atoms with van der Waals surface area (Å²) >= 11 is 7.29. The van der Waals surface area contributed by atoms with Crippen molar-refractivity contribution in [2.45, 2.75) is 39.4 Å². The molecule has 0 spiro atoms. The minimum absolute atomic E-state index is 0.139. The Morgan fingerprint density at radius 2 is 1.65 bits per heavy atom. The molecule has 0 unspecified atom stereocenters. The minimum Gasteiger partial charge on any atom is -0.289 e. The molecular formula is C15H23NO2S2. The molecule has 0 aliphatic carbocycles. The van der Waals surface area contributed by atoms with Crippen LogP contribution in [0.3, 0.4) is 0 Å². The van der Waals surface area contributed by atoms with Crippen molar-refractivity contribution in [1.82, 2.24) is 5.48 Å². The highest BCUT2D eigenvalue weighted by atomic mass is 32.2. The average molecular weight is 313 g/mol. The number of benzene rings is 1. The molecular weight excluding hydrogens is 290 g/mol. The lowest BCUT2D eigenvalue weighted by molar-refractivity contribution is -0.116. The monoisotopic (exact) mass is 313 g/mol. The molecule has 1 amide bonds. The zero-order valence-corrected chi connectivity index (χ0v) is 14.3. The second kappa shape index (κ2) is 8.39. The van der Waals surface area contributed by atoms with Crippen molar-refractivity contribution in [1.29, 1.82) is 0 Å². The fourth-order valence-corrected chi connectivity index (χ4v) is 2.80. The van der Waals surface area contributed by atoms with E-state index in [1.807, 2.05) is 18.2 Å². The van der Waals surface area contributed by atoms with Crippen LogP contribution in [0, 0.1) is 5.41 Å². The first-order chi connectivity index (χ1) is 9.15.